The monoisotopic (exact) mass is 245 g/mol. The SMILES string of the molecule is CCC(c1ccccc1)c1ncnc(CN)c1F. The van der Waals surface area contributed by atoms with Gasteiger partial charge in [-0.15, -0.1) is 0 Å². The second-order valence-corrected chi connectivity index (χ2v) is 4.10. The molecule has 1 aromatic heterocycles. The molecule has 1 heterocycles. The molecule has 0 aliphatic heterocycles. The van der Waals surface area contributed by atoms with E-state index < -0.39 is 0 Å². The van der Waals surface area contributed by atoms with Gasteiger partial charge in [-0.05, 0) is 12.0 Å². The first kappa shape index (κ1) is 12.6. The largest absolute Gasteiger partial charge is 0.325 e. The highest BCUT2D eigenvalue weighted by Gasteiger charge is 2.19. The average Bonchev–Trinajstić information content (AvgIpc) is 2.43. The van der Waals surface area contributed by atoms with E-state index >= 15 is 0 Å². The Morgan fingerprint density at radius 2 is 1.94 bits per heavy atom. The van der Waals surface area contributed by atoms with Crippen molar-refractivity contribution < 1.29 is 4.39 Å². The fourth-order valence-corrected chi connectivity index (χ4v) is 2.08. The molecule has 3 nitrogen and oxygen atoms in total. The van der Waals surface area contributed by atoms with Gasteiger partial charge < -0.3 is 5.73 Å². The van der Waals surface area contributed by atoms with Crippen LogP contribution in [0.3, 0.4) is 0 Å². The van der Waals surface area contributed by atoms with Crippen molar-refractivity contribution in [3.8, 4) is 0 Å². The van der Waals surface area contributed by atoms with Crippen LogP contribution in [0.5, 0.6) is 0 Å². The minimum atomic E-state index is -0.379. The molecule has 2 rings (SSSR count). The molecule has 18 heavy (non-hydrogen) atoms. The van der Waals surface area contributed by atoms with Crippen LogP contribution >= 0.6 is 0 Å². The summed E-state index contributed by atoms with van der Waals surface area (Å²) in [5.74, 6) is -0.435. The van der Waals surface area contributed by atoms with Gasteiger partial charge >= 0.3 is 0 Å². The molecular weight excluding hydrogens is 229 g/mol. The number of nitrogens with two attached hydrogens (primary N) is 1. The zero-order valence-electron chi connectivity index (χ0n) is 10.3. The lowest BCUT2D eigenvalue weighted by molar-refractivity contribution is 0.551. The lowest BCUT2D eigenvalue weighted by Gasteiger charge is -2.16. The third-order valence-corrected chi connectivity index (χ3v) is 3.02. The molecule has 94 valence electrons. The van der Waals surface area contributed by atoms with Crippen LogP contribution in [0.15, 0.2) is 36.7 Å². The van der Waals surface area contributed by atoms with E-state index in [9.17, 15) is 4.39 Å². The number of aromatic nitrogens is 2. The number of nitrogens with zero attached hydrogens (tertiary/aromatic N) is 2. The summed E-state index contributed by atoms with van der Waals surface area (Å²) in [6.45, 7) is 2.11. The molecule has 2 N–H and O–H groups in total. The number of hydrogen-bond donors (Lipinski definition) is 1. The fourth-order valence-electron chi connectivity index (χ4n) is 2.08. The summed E-state index contributed by atoms with van der Waals surface area (Å²) in [6, 6.07) is 9.80. The van der Waals surface area contributed by atoms with Crippen LogP contribution in [0.4, 0.5) is 4.39 Å². The summed E-state index contributed by atoms with van der Waals surface area (Å²) >= 11 is 0. The van der Waals surface area contributed by atoms with E-state index in [1.165, 1.54) is 6.33 Å². The van der Waals surface area contributed by atoms with E-state index in [1.807, 2.05) is 37.3 Å². The molecule has 1 unspecified atom stereocenters. The van der Waals surface area contributed by atoms with Crippen molar-refractivity contribution in [3.05, 3.63) is 59.4 Å². The summed E-state index contributed by atoms with van der Waals surface area (Å²) in [7, 11) is 0. The number of halogens is 1. The second-order valence-electron chi connectivity index (χ2n) is 4.10. The van der Waals surface area contributed by atoms with Crippen molar-refractivity contribution >= 4 is 0 Å². The van der Waals surface area contributed by atoms with E-state index in [1.54, 1.807) is 0 Å². The van der Waals surface area contributed by atoms with Crippen LogP contribution in [0.2, 0.25) is 0 Å². The van der Waals surface area contributed by atoms with E-state index in [0.29, 0.717) is 5.69 Å². The van der Waals surface area contributed by atoms with Crippen molar-refractivity contribution in [2.45, 2.75) is 25.8 Å². The van der Waals surface area contributed by atoms with Gasteiger partial charge in [0.2, 0.25) is 0 Å². The van der Waals surface area contributed by atoms with Crippen molar-refractivity contribution in [1.29, 1.82) is 0 Å². The Morgan fingerprint density at radius 1 is 1.22 bits per heavy atom. The zero-order valence-corrected chi connectivity index (χ0v) is 10.3. The van der Waals surface area contributed by atoms with E-state index in [-0.39, 0.29) is 24.0 Å². The Bertz CT molecular complexity index is 514. The third-order valence-electron chi connectivity index (χ3n) is 3.02. The normalized spacial score (nSPS) is 12.4. The van der Waals surface area contributed by atoms with Gasteiger partial charge in [0.25, 0.3) is 0 Å². The first-order valence-corrected chi connectivity index (χ1v) is 6.02. The van der Waals surface area contributed by atoms with Gasteiger partial charge in [-0.2, -0.15) is 0 Å². The molecule has 0 radical (unpaired) electrons. The summed E-state index contributed by atoms with van der Waals surface area (Å²) in [5, 5.41) is 0. The van der Waals surface area contributed by atoms with Crippen LogP contribution < -0.4 is 5.73 Å². The smallest absolute Gasteiger partial charge is 0.168 e. The molecule has 0 amide bonds. The van der Waals surface area contributed by atoms with Gasteiger partial charge in [0.15, 0.2) is 5.82 Å². The molecule has 4 heteroatoms. The van der Waals surface area contributed by atoms with Crippen LogP contribution in [0, 0.1) is 5.82 Å². The molecule has 0 saturated carbocycles. The topological polar surface area (TPSA) is 51.8 Å². The van der Waals surface area contributed by atoms with E-state index in [4.69, 9.17) is 5.73 Å². The van der Waals surface area contributed by atoms with Crippen molar-refractivity contribution in [3.63, 3.8) is 0 Å². The molecule has 1 aromatic carbocycles. The number of hydrogen-bond acceptors (Lipinski definition) is 3. The summed E-state index contributed by atoms with van der Waals surface area (Å²) in [4.78, 5) is 7.95. The molecule has 0 aliphatic rings. The Morgan fingerprint density at radius 3 is 2.56 bits per heavy atom. The lowest BCUT2D eigenvalue weighted by atomic mass is 9.92. The maximum Gasteiger partial charge on any atom is 0.168 e. The average molecular weight is 245 g/mol. The standard InChI is InChI=1S/C14H16FN3/c1-2-11(10-6-4-3-5-7-10)14-13(15)12(8-16)17-9-18-14/h3-7,9,11H,2,8,16H2,1H3. The third kappa shape index (κ3) is 2.38. The molecule has 0 spiro atoms. The summed E-state index contributed by atoms with van der Waals surface area (Å²) in [6.07, 6.45) is 2.16. The van der Waals surface area contributed by atoms with E-state index in [0.717, 1.165) is 12.0 Å². The summed E-state index contributed by atoms with van der Waals surface area (Å²) in [5.41, 5.74) is 7.23. The number of rotatable bonds is 4. The van der Waals surface area contributed by atoms with Crippen molar-refractivity contribution in [2.24, 2.45) is 5.73 Å². The van der Waals surface area contributed by atoms with Gasteiger partial charge in [0, 0.05) is 12.5 Å². The van der Waals surface area contributed by atoms with Gasteiger partial charge in [-0.25, -0.2) is 14.4 Å². The molecule has 0 fully saturated rings. The maximum atomic E-state index is 14.2. The predicted octanol–water partition coefficient (Wildman–Crippen LogP) is 2.62. The Balaban J connectivity index is 2.46. The van der Waals surface area contributed by atoms with Crippen LogP contribution in [-0.2, 0) is 6.54 Å². The first-order valence-electron chi connectivity index (χ1n) is 6.02. The molecule has 0 aliphatic carbocycles. The zero-order chi connectivity index (χ0) is 13.0. The highest BCUT2D eigenvalue weighted by molar-refractivity contribution is 5.29. The molecular formula is C14H16FN3. The molecule has 0 saturated heterocycles. The predicted molar refractivity (Wildman–Crippen MR) is 68.5 cm³/mol. The minimum absolute atomic E-state index is 0.0560. The molecule has 2 aromatic rings. The van der Waals surface area contributed by atoms with Gasteiger partial charge in [0.05, 0.1) is 11.4 Å². The van der Waals surface area contributed by atoms with Crippen molar-refractivity contribution in [1.82, 2.24) is 9.97 Å². The highest BCUT2D eigenvalue weighted by Crippen LogP contribution is 2.28. The maximum absolute atomic E-state index is 14.2. The minimum Gasteiger partial charge on any atom is -0.325 e. The first-order chi connectivity index (χ1) is 8.77. The van der Waals surface area contributed by atoms with E-state index in [2.05, 4.69) is 9.97 Å². The highest BCUT2D eigenvalue weighted by atomic mass is 19.1. The van der Waals surface area contributed by atoms with Gasteiger partial charge in [-0.3, -0.25) is 0 Å². The van der Waals surface area contributed by atoms with Crippen LogP contribution in [0.1, 0.15) is 36.2 Å². The Hall–Kier alpha value is -1.81. The van der Waals surface area contributed by atoms with Crippen LogP contribution in [0.25, 0.3) is 0 Å². The van der Waals surface area contributed by atoms with Crippen molar-refractivity contribution in [2.75, 3.05) is 0 Å². The second kappa shape index (κ2) is 5.69. The molecule has 0 bridgehead atoms. The van der Waals surface area contributed by atoms with Gasteiger partial charge in [-0.1, -0.05) is 37.3 Å². The fraction of sp³-hybridized carbons (Fsp3) is 0.286. The lowest BCUT2D eigenvalue weighted by Crippen LogP contribution is -2.11. The van der Waals surface area contributed by atoms with Gasteiger partial charge in [0.1, 0.15) is 6.33 Å². The summed E-state index contributed by atoms with van der Waals surface area (Å²) < 4.78 is 14.2. The number of benzene rings is 1. The van der Waals surface area contributed by atoms with Crippen LogP contribution in [-0.4, -0.2) is 9.97 Å². The Kier molecular flexibility index (Phi) is 3.99. The molecule has 1 atom stereocenters. The quantitative estimate of drug-likeness (QED) is 0.900. The Labute approximate surface area is 106 Å².